The number of rotatable bonds is 3. The maximum Gasteiger partial charge on any atom is 0.410 e. The highest BCUT2D eigenvalue weighted by Gasteiger charge is 2.31. The number of carbonyl (C=O) groups is 2. The number of unbranched alkanes of at least 4 members (excludes halogenated alkanes) is 1. The van der Waals surface area contributed by atoms with Crippen molar-refractivity contribution in [2.75, 3.05) is 13.1 Å². The van der Waals surface area contributed by atoms with Gasteiger partial charge in [-0.25, -0.2) is 4.79 Å². The van der Waals surface area contributed by atoms with Gasteiger partial charge in [-0.3, -0.25) is 4.79 Å². The summed E-state index contributed by atoms with van der Waals surface area (Å²) in [6.45, 7) is 8.70. The molecule has 1 fully saturated rings. The first-order valence-corrected chi connectivity index (χ1v) is 6.84. The summed E-state index contributed by atoms with van der Waals surface area (Å²) in [5.74, 6) is 0.300. The van der Waals surface area contributed by atoms with E-state index in [4.69, 9.17) is 4.74 Å². The van der Waals surface area contributed by atoms with Gasteiger partial charge in [0.2, 0.25) is 0 Å². The van der Waals surface area contributed by atoms with Gasteiger partial charge < -0.3 is 9.64 Å². The van der Waals surface area contributed by atoms with Crippen LogP contribution in [-0.4, -0.2) is 35.5 Å². The number of carbonyl (C=O) groups excluding carboxylic acids is 2. The molecule has 104 valence electrons. The van der Waals surface area contributed by atoms with Gasteiger partial charge >= 0.3 is 6.09 Å². The molecule has 0 unspecified atom stereocenters. The summed E-state index contributed by atoms with van der Waals surface area (Å²) in [5, 5.41) is 0. The number of amides is 1. The van der Waals surface area contributed by atoms with Gasteiger partial charge in [-0.15, -0.1) is 0 Å². The second kappa shape index (κ2) is 6.21. The van der Waals surface area contributed by atoms with Crippen molar-refractivity contribution in [3.05, 3.63) is 0 Å². The molecule has 0 aromatic heterocycles. The molecule has 1 rings (SSSR count). The Hall–Kier alpha value is -1.06. The standard InChI is InChI=1S/C14H25NO3/c1-5-6-7-11-10-15(9-8-12(11)16)13(17)18-14(2,3)4/h11H,5-10H2,1-4H3/t11-/m0/s1. The third-order valence-electron chi connectivity index (χ3n) is 3.08. The monoisotopic (exact) mass is 255 g/mol. The maximum atomic E-state index is 11.9. The Morgan fingerprint density at radius 2 is 2.11 bits per heavy atom. The minimum atomic E-state index is -0.475. The number of ether oxygens (including phenoxy) is 1. The van der Waals surface area contributed by atoms with E-state index < -0.39 is 5.60 Å². The van der Waals surface area contributed by atoms with Gasteiger partial charge in [-0.05, 0) is 27.2 Å². The average Bonchev–Trinajstić information content (AvgIpc) is 2.25. The summed E-state index contributed by atoms with van der Waals surface area (Å²) in [6.07, 6.45) is 3.17. The fourth-order valence-corrected chi connectivity index (χ4v) is 2.10. The Morgan fingerprint density at radius 1 is 1.44 bits per heavy atom. The molecular weight excluding hydrogens is 230 g/mol. The van der Waals surface area contributed by atoms with Crippen molar-refractivity contribution >= 4 is 11.9 Å². The first-order chi connectivity index (χ1) is 8.33. The number of piperidine rings is 1. The van der Waals surface area contributed by atoms with Crippen molar-refractivity contribution in [3.63, 3.8) is 0 Å². The average molecular weight is 255 g/mol. The molecule has 0 spiro atoms. The minimum absolute atomic E-state index is 0.00576. The van der Waals surface area contributed by atoms with Gasteiger partial charge in [0.15, 0.2) is 0 Å². The van der Waals surface area contributed by atoms with Crippen molar-refractivity contribution in [2.45, 2.75) is 59.0 Å². The van der Waals surface area contributed by atoms with E-state index in [0.717, 1.165) is 19.3 Å². The molecule has 1 saturated heterocycles. The maximum absolute atomic E-state index is 11.9. The number of hydrogen-bond donors (Lipinski definition) is 0. The molecule has 0 aromatic rings. The van der Waals surface area contributed by atoms with E-state index in [9.17, 15) is 9.59 Å². The van der Waals surface area contributed by atoms with E-state index in [1.807, 2.05) is 20.8 Å². The molecule has 0 N–H and O–H groups in total. The van der Waals surface area contributed by atoms with Crippen LogP contribution in [0.25, 0.3) is 0 Å². The van der Waals surface area contributed by atoms with Gasteiger partial charge in [0, 0.05) is 25.4 Å². The highest BCUT2D eigenvalue weighted by molar-refractivity contribution is 5.84. The molecule has 0 aliphatic carbocycles. The molecular formula is C14H25NO3. The summed E-state index contributed by atoms with van der Waals surface area (Å²) >= 11 is 0. The predicted octanol–water partition coefficient (Wildman–Crippen LogP) is 3.00. The van der Waals surface area contributed by atoms with E-state index in [-0.39, 0.29) is 12.0 Å². The van der Waals surface area contributed by atoms with Crippen LogP contribution in [-0.2, 0) is 9.53 Å². The summed E-state index contributed by atoms with van der Waals surface area (Å²) in [6, 6.07) is 0. The Bertz CT molecular complexity index is 307. The zero-order valence-corrected chi connectivity index (χ0v) is 12.0. The fraction of sp³-hybridized carbons (Fsp3) is 0.857. The first kappa shape index (κ1) is 15.0. The summed E-state index contributed by atoms with van der Waals surface area (Å²) in [7, 11) is 0. The van der Waals surface area contributed by atoms with Gasteiger partial charge in [-0.2, -0.15) is 0 Å². The number of ketones is 1. The Morgan fingerprint density at radius 3 is 2.67 bits per heavy atom. The van der Waals surface area contributed by atoms with Gasteiger partial charge in [-0.1, -0.05) is 19.8 Å². The molecule has 0 radical (unpaired) electrons. The molecule has 1 atom stereocenters. The molecule has 0 bridgehead atoms. The smallest absolute Gasteiger partial charge is 0.410 e. The highest BCUT2D eigenvalue weighted by Crippen LogP contribution is 2.20. The predicted molar refractivity (Wildman–Crippen MR) is 70.4 cm³/mol. The van der Waals surface area contributed by atoms with Crippen LogP contribution in [0.2, 0.25) is 0 Å². The van der Waals surface area contributed by atoms with Crippen LogP contribution in [0.15, 0.2) is 0 Å². The number of hydrogen-bond acceptors (Lipinski definition) is 3. The van der Waals surface area contributed by atoms with Gasteiger partial charge in [0.25, 0.3) is 0 Å². The molecule has 4 nitrogen and oxygen atoms in total. The largest absolute Gasteiger partial charge is 0.444 e. The van der Waals surface area contributed by atoms with Crippen molar-refractivity contribution in [3.8, 4) is 0 Å². The number of Topliss-reactive ketones (excluding diaryl/α,β-unsaturated/α-hetero) is 1. The molecule has 0 saturated carbocycles. The number of nitrogens with zero attached hydrogens (tertiary/aromatic N) is 1. The van der Waals surface area contributed by atoms with Crippen LogP contribution < -0.4 is 0 Å². The van der Waals surface area contributed by atoms with Gasteiger partial charge in [0.1, 0.15) is 11.4 Å². The lowest BCUT2D eigenvalue weighted by Crippen LogP contribution is -2.46. The van der Waals surface area contributed by atoms with Crippen LogP contribution in [0, 0.1) is 5.92 Å². The lowest BCUT2D eigenvalue weighted by atomic mass is 9.92. The van der Waals surface area contributed by atoms with Crippen LogP contribution in [0.4, 0.5) is 4.79 Å². The zero-order valence-electron chi connectivity index (χ0n) is 12.0. The van der Waals surface area contributed by atoms with Crippen LogP contribution in [0.3, 0.4) is 0 Å². The van der Waals surface area contributed by atoms with Crippen molar-refractivity contribution in [1.82, 2.24) is 4.90 Å². The van der Waals surface area contributed by atoms with E-state index in [2.05, 4.69) is 6.92 Å². The molecule has 4 heteroatoms. The molecule has 18 heavy (non-hydrogen) atoms. The molecule has 1 amide bonds. The van der Waals surface area contributed by atoms with Crippen molar-refractivity contribution < 1.29 is 14.3 Å². The van der Waals surface area contributed by atoms with E-state index in [1.54, 1.807) is 4.90 Å². The zero-order chi connectivity index (χ0) is 13.8. The van der Waals surface area contributed by atoms with Gasteiger partial charge in [0.05, 0.1) is 0 Å². The highest BCUT2D eigenvalue weighted by atomic mass is 16.6. The normalized spacial score (nSPS) is 21.0. The topological polar surface area (TPSA) is 46.6 Å². The second-order valence-electron chi connectivity index (χ2n) is 5.98. The van der Waals surface area contributed by atoms with Crippen LogP contribution in [0.1, 0.15) is 53.4 Å². The molecule has 1 heterocycles. The van der Waals surface area contributed by atoms with Crippen molar-refractivity contribution in [1.29, 1.82) is 0 Å². The Kier molecular flexibility index (Phi) is 5.17. The summed E-state index contributed by atoms with van der Waals surface area (Å²) in [5.41, 5.74) is -0.475. The quantitative estimate of drug-likeness (QED) is 0.778. The Labute approximate surface area is 110 Å². The van der Waals surface area contributed by atoms with E-state index in [0.29, 0.717) is 25.3 Å². The lowest BCUT2D eigenvalue weighted by Gasteiger charge is -2.33. The molecule has 1 aliphatic heterocycles. The fourth-order valence-electron chi connectivity index (χ4n) is 2.10. The van der Waals surface area contributed by atoms with Crippen molar-refractivity contribution in [2.24, 2.45) is 5.92 Å². The SMILES string of the molecule is CCCC[C@H]1CN(C(=O)OC(C)(C)C)CCC1=O. The molecule has 0 aromatic carbocycles. The third-order valence-corrected chi connectivity index (χ3v) is 3.08. The summed E-state index contributed by atoms with van der Waals surface area (Å²) < 4.78 is 5.34. The van der Waals surface area contributed by atoms with E-state index in [1.165, 1.54) is 0 Å². The summed E-state index contributed by atoms with van der Waals surface area (Å²) in [4.78, 5) is 25.4. The van der Waals surface area contributed by atoms with Crippen LogP contribution in [0.5, 0.6) is 0 Å². The Balaban J connectivity index is 2.53. The lowest BCUT2D eigenvalue weighted by molar-refractivity contribution is -0.126. The second-order valence-corrected chi connectivity index (χ2v) is 5.98. The minimum Gasteiger partial charge on any atom is -0.444 e. The third kappa shape index (κ3) is 4.67. The van der Waals surface area contributed by atoms with Crippen LogP contribution >= 0.6 is 0 Å². The number of likely N-dealkylation sites (tertiary alicyclic amines) is 1. The first-order valence-electron chi connectivity index (χ1n) is 6.84. The van der Waals surface area contributed by atoms with E-state index >= 15 is 0 Å². The molecule has 1 aliphatic rings.